The van der Waals surface area contributed by atoms with Crippen molar-refractivity contribution in [2.24, 2.45) is 5.92 Å². The highest BCUT2D eigenvalue weighted by molar-refractivity contribution is 7.87. The third kappa shape index (κ3) is 4.35. The number of hydrogen-bond acceptors (Lipinski definition) is 6. The number of esters is 1. The lowest BCUT2D eigenvalue weighted by atomic mass is 10.0. The Morgan fingerprint density at radius 3 is 2.68 bits per heavy atom. The molecular weight excluding hydrogens is 276 g/mol. The van der Waals surface area contributed by atoms with Crippen LogP contribution in [0.4, 0.5) is 4.79 Å². The van der Waals surface area contributed by atoms with Crippen molar-refractivity contribution in [2.75, 3.05) is 26.8 Å². The predicted molar refractivity (Wildman–Crippen MR) is 65.4 cm³/mol. The van der Waals surface area contributed by atoms with Gasteiger partial charge in [-0.05, 0) is 19.8 Å². The number of methoxy groups -OCH3 is 1. The maximum Gasteiger partial charge on any atom is 0.421 e. The summed E-state index contributed by atoms with van der Waals surface area (Å²) >= 11 is 0. The molecule has 0 aromatic heterocycles. The molecule has 1 aliphatic heterocycles. The molecule has 0 unspecified atom stereocenters. The van der Waals surface area contributed by atoms with Gasteiger partial charge in [0.25, 0.3) is 0 Å². The van der Waals surface area contributed by atoms with Crippen molar-refractivity contribution in [3.8, 4) is 0 Å². The lowest BCUT2D eigenvalue weighted by Gasteiger charge is -2.30. The van der Waals surface area contributed by atoms with Crippen LogP contribution >= 0.6 is 0 Å². The maximum absolute atomic E-state index is 11.9. The zero-order valence-corrected chi connectivity index (χ0v) is 11.7. The molecule has 9 heteroatoms. The molecule has 0 spiro atoms. The molecule has 1 heterocycles. The minimum Gasteiger partial charge on any atom is -0.469 e. The summed E-state index contributed by atoms with van der Waals surface area (Å²) < 4.78 is 35.7. The van der Waals surface area contributed by atoms with Crippen molar-refractivity contribution < 1.29 is 27.5 Å². The molecule has 110 valence electrons. The van der Waals surface area contributed by atoms with E-state index in [1.54, 1.807) is 11.6 Å². The molecule has 0 aliphatic carbocycles. The highest BCUT2D eigenvalue weighted by atomic mass is 32.2. The van der Waals surface area contributed by atoms with Gasteiger partial charge in [-0.2, -0.15) is 12.7 Å². The molecule has 8 nitrogen and oxygen atoms in total. The fourth-order valence-electron chi connectivity index (χ4n) is 1.85. The molecule has 1 rings (SSSR count). The maximum atomic E-state index is 11.9. The molecule has 0 aromatic carbocycles. The van der Waals surface area contributed by atoms with Gasteiger partial charge in [-0.25, -0.2) is 9.52 Å². The largest absolute Gasteiger partial charge is 0.469 e. The first kappa shape index (κ1) is 15.7. The minimum absolute atomic E-state index is 0.00140. The Kier molecular flexibility index (Phi) is 5.55. The summed E-state index contributed by atoms with van der Waals surface area (Å²) in [4.78, 5) is 22.6. The van der Waals surface area contributed by atoms with E-state index in [0.717, 1.165) is 4.31 Å². The van der Waals surface area contributed by atoms with E-state index in [0.29, 0.717) is 12.8 Å². The van der Waals surface area contributed by atoms with Gasteiger partial charge in [-0.1, -0.05) is 0 Å². The van der Waals surface area contributed by atoms with Crippen LogP contribution in [-0.2, 0) is 24.5 Å². The molecule has 0 saturated carbocycles. The van der Waals surface area contributed by atoms with Gasteiger partial charge in [-0.15, -0.1) is 0 Å². The van der Waals surface area contributed by atoms with Crippen LogP contribution in [0.1, 0.15) is 19.8 Å². The highest BCUT2D eigenvalue weighted by Crippen LogP contribution is 2.19. The average Bonchev–Trinajstić information content (AvgIpc) is 2.37. The molecular formula is C10H18N2O6S. The van der Waals surface area contributed by atoms with Crippen LogP contribution in [0.15, 0.2) is 0 Å². The molecule has 1 atom stereocenters. The third-order valence-corrected chi connectivity index (χ3v) is 4.18. The first-order valence-electron chi connectivity index (χ1n) is 5.93. The molecule has 0 bridgehead atoms. The number of ether oxygens (including phenoxy) is 2. The first-order chi connectivity index (χ1) is 8.90. The van der Waals surface area contributed by atoms with E-state index >= 15 is 0 Å². The van der Waals surface area contributed by atoms with Crippen LogP contribution in [-0.4, -0.2) is 51.6 Å². The Bertz CT molecular complexity index is 435. The van der Waals surface area contributed by atoms with Crippen LogP contribution < -0.4 is 4.72 Å². The fourth-order valence-corrected chi connectivity index (χ4v) is 2.99. The van der Waals surface area contributed by atoms with E-state index in [-0.39, 0.29) is 19.7 Å². The number of hydrogen-bond donors (Lipinski definition) is 1. The zero-order valence-electron chi connectivity index (χ0n) is 10.9. The van der Waals surface area contributed by atoms with Gasteiger partial charge < -0.3 is 9.47 Å². The Morgan fingerprint density at radius 1 is 1.42 bits per heavy atom. The lowest BCUT2D eigenvalue weighted by Crippen LogP contribution is -2.49. The summed E-state index contributed by atoms with van der Waals surface area (Å²) in [5, 5.41) is 0. The van der Waals surface area contributed by atoms with Crippen molar-refractivity contribution in [1.82, 2.24) is 9.03 Å². The van der Waals surface area contributed by atoms with Gasteiger partial charge in [0.15, 0.2) is 0 Å². The fraction of sp³-hybridized carbons (Fsp3) is 0.800. The Balaban J connectivity index is 2.67. The average molecular weight is 294 g/mol. The van der Waals surface area contributed by atoms with Crippen LogP contribution in [0, 0.1) is 5.92 Å². The van der Waals surface area contributed by atoms with Gasteiger partial charge in [-0.3, -0.25) is 4.79 Å². The van der Waals surface area contributed by atoms with E-state index in [1.165, 1.54) is 7.11 Å². The highest BCUT2D eigenvalue weighted by Gasteiger charge is 2.33. The van der Waals surface area contributed by atoms with Gasteiger partial charge >= 0.3 is 22.3 Å². The molecule has 1 amide bonds. The monoisotopic (exact) mass is 294 g/mol. The second-order valence-corrected chi connectivity index (χ2v) is 5.72. The zero-order chi connectivity index (χ0) is 14.5. The second kappa shape index (κ2) is 6.71. The molecule has 0 radical (unpaired) electrons. The number of rotatable bonds is 4. The Morgan fingerprint density at radius 2 is 2.11 bits per heavy atom. The molecule has 1 saturated heterocycles. The summed E-state index contributed by atoms with van der Waals surface area (Å²) in [6, 6.07) is 0. The first-order valence-corrected chi connectivity index (χ1v) is 7.37. The van der Waals surface area contributed by atoms with Crippen molar-refractivity contribution in [3.05, 3.63) is 0 Å². The van der Waals surface area contributed by atoms with Crippen LogP contribution in [0.2, 0.25) is 0 Å². The van der Waals surface area contributed by atoms with Crippen LogP contribution in [0.25, 0.3) is 0 Å². The van der Waals surface area contributed by atoms with Gasteiger partial charge in [0.2, 0.25) is 0 Å². The lowest BCUT2D eigenvalue weighted by molar-refractivity contribution is -0.146. The van der Waals surface area contributed by atoms with Crippen LogP contribution in [0.3, 0.4) is 0 Å². The molecule has 19 heavy (non-hydrogen) atoms. The van der Waals surface area contributed by atoms with Crippen molar-refractivity contribution in [3.63, 3.8) is 0 Å². The number of carbonyl (C=O) groups is 2. The SMILES string of the molecule is CCOC(=O)NS(=O)(=O)N1CCC[C@H](C(=O)OC)C1. The number of nitrogens with zero attached hydrogens (tertiary/aromatic N) is 1. The summed E-state index contributed by atoms with van der Waals surface area (Å²) in [5.74, 6) is -0.950. The summed E-state index contributed by atoms with van der Waals surface area (Å²) in [6.45, 7) is 1.90. The van der Waals surface area contributed by atoms with E-state index < -0.39 is 28.2 Å². The van der Waals surface area contributed by atoms with E-state index in [2.05, 4.69) is 9.47 Å². The third-order valence-electron chi connectivity index (χ3n) is 2.75. The molecule has 0 aromatic rings. The molecule has 1 fully saturated rings. The summed E-state index contributed by atoms with van der Waals surface area (Å²) in [7, 11) is -2.72. The second-order valence-electron chi connectivity index (χ2n) is 4.05. The predicted octanol–water partition coefficient (Wildman–Crippen LogP) is -0.138. The quantitative estimate of drug-likeness (QED) is 0.724. The van der Waals surface area contributed by atoms with E-state index in [9.17, 15) is 18.0 Å². The minimum atomic E-state index is -3.98. The van der Waals surface area contributed by atoms with E-state index in [1.807, 2.05) is 0 Å². The van der Waals surface area contributed by atoms with Crippen molar-refractivity contribution in [2.45, 2.75) is 19.8 Å². The summed E-state index contributed by atoms with van der Waals surface area (Å²) in [6.07, 6.45) is 0.0735. The van der Waals surface area contributed by atoms with Crippen molar-refractivity contribution >= 4 is 22.3 Å². The number of nitrogens with one attached hydrogen (secondary N) is 1. The topological polar surface area (TPSA) is 102 Å². The smallest absolute Gasteiger partial charge is 0.421 e. The Labute approximate surface area is 112 Å². The summed E-state index contributed by atoms with van der Waals surface area (Å²) in [5.41, 5.74) is 0. The van der Waals surface area contributed by atoms with Gasteiger partial charge in [0, 0.05) is 13.1 Å². The standard InChI is InChI=1S/C10H18N2O6S/c1-3-18-10(14)11-19(15,16)12-6-4-5-8(7-12)9(13)17-2/h8H,3-7H2,1-2H3,(H,11,14)/t8-/m0/s1. The number of carbonyl (C=O) groups excluding carboxylic acids is 2. The molecule has 1 N–H and O–H groups in total. The normalized spacial score (nSPS) is 20.6. The number of piperidine rings is 1. The number of amides is 1. The molecule has 1 aliphatic rings. The van der Waals surface area contributed by atoms with Gasteiger partial charge in [0.1, 0.15) is 0 Å². The Hall–Kier alpha value is -1.35. The van der Waals surface area contributed by atoms with Gasteiger partial charge in [0.05, 0.1) is 19.6 Å². The van der Waals surface area contributed by atoms with E-state index in [4.69, 9.17) is 0 Å². The van der Waals surface area contributed by atoms with Crippen LogP contribution in [0.5, 0.6) is 0 Å². The van der Waals surface area contributed by atoms with Crippen molar-refractivity contribution in [1.29, 1.82) is 0 Å².